The molecule has 0 atom stereocenters. The van der Waals surface area contributed by atoms with Crippen molar-refractivity contribution in [2.24, 2.45) is 0 Å². The van der Waals surface area contributed by atoms with Crippen molar-refractivity contribution in [3.63, 3.8) is 0 Å². The Balaban J connectivity index is 2.58. The summed E-state index contributed by atoms with van der Waals surface area (Å²) in [5, 5.41) is 0. The maximum atomic E-state index is 3.59. The topological polar surface area (TPSA) is 0 Å². The predicted octanol–water partition coefficient (Wildman–Crippen LogP) is 5.33. The van der Waals surface area contributed by atoms with Crippen LogP contribution in [-0.2, 0) is 0 Å². The molecule has 0 N–H and O–H groups in total. The summed E-state index contributed by atoms with van der Waals surface area (Å²) >= 11 is 8.26. The molecular weight excluding hydrogens is 478 g/mol. The van der Waals surface area contributed by atoms with Crippen LogP contribution in [-0.4, -0.2) is 0 Å². The highest BCUT2D eigenvalue weighted by Gasteiger charge is 2.03. The van der Waals surface area contributed by atoms with Crippen molar-refractivity contribution >= 4 is 61.1 Å². The van der Waals surface area contributed by atoms with E-state index in [9.17, 15) is 0 Å². The fourth-order valence-electron chi connectivity index (χ4n) is 1.37. The molecule has 0 unspecified atom stereocenters. The average Bonchev–Trinajstić information content (AvgIpc) is 2.22. The standard InChI is InChI=1S/C12H7BrI2/c13-12-5-4-10(15)7-11(12)8-2-1-3-9(14)6-8/h1-7H. The highest BCUT2D eigenvalue weighted by Crippen LogP contribution is 2.30. The molecule has 0 fully saturated rings. The Morgan fingerprint density at radius 1 is 0.867 bits per heavy atom. The van der Waals surface area contributed by atoms with Crippen LogP contribution in [0.15, 0.2) is 46.9 Å². The summed E-state index contributed by atoms with van der Waals surface area (Å²) < 4.78 is 3.66. The first-order valence-electron chi connectivity index (χ1n) is 4.38. The lowest BCUT2D eigenvalue weighted by Gasteiger charge is -2.05. The second kappa shape index (κ2) is 5.14. The molecule has 0 bridgehead atoms. The fourth-order valence-corrected chi connectivity index (χ4v) is 2.88. The fraction of sp³-hybridized carbons (Fsp3) is 0. The minimum absolute atomic E-state index is 1.14. The van der Waals surface area contributed by atoms with Gasteiger partial charge in [0.25, 0.3) is 0 Å². The Morgan fingerprint density at radius 2 is 1.60 bits per heavy atom. The Morgan fingerprint density at radius 3 is 2.33 bits per heavy atom. The van der Waals surface area contributed by atoms with Gasteiger partial charge in [-0.05, 0) is 86.6 Å². The third-order valence-electron chi connectivity index (χ3n) is 2.06. The van der Waals surface area contributed by atoms with Crippen molar-refractivity contribution < 1.29 is 0 Å². The molecule has 2 aromatic rings. The van der Waals surface area contributed by atoms with Gasteiger partial charge in [0.2, 0.25) is 0 Å². The minimum atomic E-state index is 1.14. The first kappa shape index (κ1) is 11.9. The third kappa shape index (κ3) is 2.94. The van der Waals surface area contributed by atoms with Gasteiger partial charge in [-0.3, -0.25) is 0 Å². The molecule has 3 heteroatoms. The molecule has 0 aliphatic carbocycles. The summed E-state index contributed by atoms with van der Waals surface area (Å²) in [7, 11) is 0. The molecule has 0 amide bonds. The van der Waals surface area contributed by atoms with Crippen molar-refractivity contribution in [1.29, 1.82) is 0 Å². The van der Waals surface area contributed by atoms with Crippen LogP contribution in [0.4, 0.5) is 0 Å². The van der Waals surface area contributed by atoms with Gasteiger partial charge in [-0.25, -0.2) is 0 Å². The zero-order valence-corrected chi connectivity index (χ0v) is 13.6. The third-order valence-corrected chi connectivity index (χ3v) is 4.10. The molecule has 0 heterocycles. The summed E-state index contributed by atoms with van der Waals surface area (Å²) in [6.45, 7) is 0. The molecule has 0 spiro atoms. The average molecular weight is 485 g/mol. The van der Waals surface area contributed by atoms with Gasteiger partial charge in [0.05, 0.1) is 0 Å². The Kier molecular flexibility index (Phi) is 4.06. The quantitative estimate of drug-likeness (QED) is 0.480. The van der Waals surface area contributed by atoms with Gasteiger partial charge < -0.3 is 0 Å². The van der Waals surface area contributed by atoms with Crippen LogP contribution in [0.25, 0.3) is 11.1 Å². The van der Waals surface area contributed by atoms with Crippen LogP contribution < -0.4 is 0 Å². The van der Waals surface area contributed by atoms with Gasteiger partial charge in [0.15, 0.2) is 0 Å². The molecule has 0 radical (unpaired) electrons. The molecule has 0 aliphatic heterocycles. The Hall–Kier alpha value is 0.380. The molecule has 0 nitrogen and oxygen atoms in total. The maximum Gasteiger partial charge on any atom is 0.0254 e. The number of halogens is 3. The van der Waals surface area contributed by atoms with E-state index in [1.165, 1.54) is 18.3 Å². The Bertz CT molecular complexity index is 495. The molecule has 0 aliphatic rings. The van der Waals surface area contributed by atoms with Crippen LogP contribution in [0.1, 0.15) is 0 Å². The highest BCUT2D eigenvalue weighted by molar-refractivity contribution is 14.1. The lowest BCUT2D eigenvalue weighted by Crippen LogP contribution is -1.82. The number of hydrogen-bond acceptors (Lipinski definition) is 0. The van der Waals surface area contributed by atoms with E-state index in [4.69, 9.17) is 0 Å². The van der Waals surface area contributed by atoms with Gasteiger partial charge in [0.1, 0.15) is 0 Å². The van der Waals surface area contributed by atoms with E-state index < -0.39 is 0 Å². The number of rotatable bonds is 1. The second-order valence-electron chi connectivity index (χ2n) is 3.13. The first-order chi connectivity index (χ1) is 7.16. The second-order valence-corrected chi connectivity index (χ2v) is 6.48. The Labute approximate surface area is 125 Å². The monoisotopic (exact) mass is 484 g/mol. The van der Waals surface area contributed by atoms with Crippen molar-refractivity contribution in [2.75, 3.05) is 0 Å². The smallest absolute Gasteiger partial charge is 0.0254 e. The largest absolute Gasteiger partial charge is 0.0606 e. The van der Waals surface area contributed by atoms with Gasteiger partial charge in [-0.1, -0.05) is 28.1 Å². The number of hydrogen-bond donors (Lipinski definition) is 0. The van der Waals surface area contributed by atoms with E-state index in [2.05, 4.69) is 104 Å². The van der Waals surface area contributed by atoms with Crippen LogP contribution in [0, 0.1) is 7.14 Å². The minimum Gasteiger partial charge on any atom is -0.0606 e. The molecule has 76 valence electrons. The zero-order valence-electron chi connectivity index (χ0n) is 7.68. The molecule has 2 rings (SSSR count). The van der Waals surface area contributed by atoms with Gasteiger partial charge in [-0.2, -0.15) is 0 Å². The molecule has 15 heavy (non-hydrogen) atoms. The summed E-state index contributed by atoms with van der Waals surface area (Å²) in [6.07, 6.45) is 0. The predicted molar refractivity (Wildman–Crippen MR) is 85.0 cm³/mol. The molecular formula is C12H7BrI2. The summed E-state index contributed by atoms with van der Waals surface area (Å²) in [4.78, 5) is 0. The normalized spacial score (nSPS) is 10.3. The van der Waals surface area contributed by atoms with E-state index in [1.54, 1.807) is 0 Å². The summed E-state index contributed by atoms with van der Waals surface area (Å²) in [5.74, 6) is 0. The van der Waals surface area contributed by atoms with Crippen LogP contribution >= 0.6 is 61.1 Å². The number of benzene rings is 2. The van der Waals surface area contributed by atoms with Gasteiger partial charge >= 0.3 is 0 Å². The van der Waals surface area contributed by atoms with Crippen LogP contribution in [0.5, 0.6) is 0 Å². The van der Waals surface area contributed by atoms with Crippen molar-refractivity contribution in [3.05, 3.63) is 54.1 Å². The maximum absolute atomic E-state index is 3.59. The van der Waals surface area contributed by atoms with E-state index >= 15 is 0 Å². The van der Waals surface area contributed by atoms with E-state index in [-0.39, 0.29) is 0 Å². The first-order valence-corrected chi connectivity index (χ1v) is 7.33. The lowest BCUT2D eigenvalue weighted by molar-refractivity contribution is 1.54. The lowest BCUT2D eigenvalue weighted by atomic mass is 10.1. The molecule has 0 saturated carbocycles. The zero-order chi connectivity index (χ0) is 10.8. The summed E-state index contributed by atoms with van der Waals surface area (Å²) in [6, 6.07) is 14.9. The van der Waals surface area contributed by atoms with Gasteiger partial charge in [-0.15, -0.1) is 0 Å². The SMILES string of the molecule is Brc1ccc(I)cc1-c1cccc(I)c1. The van der Waals surface area contributed by atoms with E-state index in [1.807, 2.05) is 0 Å². The van der Waals surface area contributed by atoms with Crippen molar-refractivity contribution in [1.82, 2.24) is 0 Å². The highest BCUT2D eigenvalue weighted by atomic mass is 127. The van der Waals surface area contributed by atoms with Crippen molar-refractivity contribution in [2.45, 2.75) is 0 Å². The van der Waals surface area contributed by atoms with E-state index in [0.29, 0.717) is 0 Å². The van der Waals surface area contributed by atoms with Crippen LogP contribution in [0.2, 0.25) is 0 Å². The van der Waals surface area contributed by atoms with Gasteiger partial charge in [0, 0.05) is 11.6 Å². The van der Waals surface area contributed by atoms with Crippen molar-refractivity contribution in [3.8, 4) is 11.1 Å². The molecule has 2 aromatic carbocycles. The van der Waals surface area contributed by atoms with E-state index in [0.717, 1.165) is 4.47 Å². The van der Waals surface area contributed by atoms with Crippen LogP contribution in [0.3, 0.4) is 0 Å². The molecule has 0 aromatic heterocycles. The summed E-state index contributed by atoms with van der Waals surface area (Å²) in [5.41, 5.74) is 2.51. The molecule has 0 saturated heterocycles.